The lowest BCUT2D eigenvalue weighted by molar-refractivity contribution is -0.380. The fraction of sp³-hybridized carbons (Fsp3) is 0.167. The molecule has 2 aromatic rings. The van der Waals surface area contributed by atoms with Crippen molar-refractivity contribution in [2.45, 2.75) is 6.54 Å². The molecule has 0 unspecified atom stereocenters. The molecule has 0 aliphatic rings. The van der Waals surface area contributed by atoms with E-state index in [1.807, 2.05) is 0 Å². The van der Waals surface area contributed by atoms with Crippen LogP contribution in [-0.2, 0) is 6.54 Å². The highest BCUT2D eigenvalue weighted by atomic mass is 32.1. The first-order valence-electron chi connectivity index (χ1n) is 5.36. The third kappa shape index (κ3) is 3.05. The second-order valence-electron chi connectivity index (χ2n) is 3.96. The third-order valence-electron chi connectivity index (χ3n) is 2.56. The number of anilines is 1. The van der Waals surface area contributed by atoms with E-state index in [0.29, 0.717) is 10.6 Å². The maximum atomic E-state index is 13.5. The zero-order valence-electron chi connectivity index (χ0n) is 9.97. The second-order valence-corrected chi connectivity index (χ2v) is 5.00. The van der Waals surface area contributed by atoms with Crippen LogP contribution in [0, 0.1) is 21.7 Å². The Balaban J connectivity index is 2.15. The van der Waals surface area contributed by atoms with Gasteiger partial charge in [-0.2, -0.15) is 0 Å². The van der Waals surface area contributed by atoms with Crippen molar-refractivity contribution in [3.63, 3.8) is 0 Å². The number of benzene rings is 1. The summed E-state index contributed by atoms with van der Waals surface area (Å²) in [5, 5.41) is 11.3. The van der Waals surface area contributed by atoms with Gasteiger partial charge in [0.05, 0.1) is 9.92 Å². The zero-order valence-corrected chi connectivity index (χ0v) is 10.8. The van der Waals surface area contributed by atoms with Crippen LogP contribution in [0.4, 0.5) is 18.8 Å². The van der Waals surface area contributed by atoms with Gasteiger partial charge in [-0.05, 0) is 23.5 Å². The maximum Gasteiger partial charge on any atom is 0.326 e. The normalized spacial score (nSPS) is 10.5. The van der Waals surface area contributed by atoms with Crippen LogP contribution in [0.2, 0.25) is 0 Å². The average molecular weight is 284 g/mol. The Morgan fingerprint density at radius 1 is 1.32 bits per heavy atom. The molecule has 7 heteroatoms. The topological polar surface area (TPSA) is 46.4 Å². The summed E-state index contributed by atoms with van der Waals surface area (Å²) >= 11 is 1.01. The Kier molecular flexibility index (Phi) is 3.75. The molecule has 4 nitrogen and oxygen atoms in total. The quantitative estimate of drug-likeness (QED) is 0.637. The summed E-state index contributed by atoms with van der Waals surface area (Å²) in [6.45, 7) is 0.212. The summed E-state index contributed by atoms with van der Waals surface area (Å²) < 4.78 is 26.3. The Morgan fingerprint density at radius 3 is 2.63 bits per heavy atom. The van der Waals surface area contributed by atoms with Gasteiger partial charge in [-0.1, -0.05) is 6.07 Å². The minimum absolute atomic E-state index is 0.0291. The van der Waals surface area contributed by atoms with Gasteiger partial charge in [-0.25, -0.2) is 8.78 Å². The van der Waals surface area contributed by atoms with Crippen LogP contribution in [-0.4, -0.2) is 12.0 Å². The van der Waals surface area contributed by atoms with Crippen LogP contribution in [0.1, 0.15) is 5.56 Å². The summed E-state index contributed by atoms with van der Waals surface area (Å²) in [4.78, 5) is 11.8. The smallest absolute Gasteiger partial charge is 0.326 e. The fourth-order valence-corrected chi connectivity index (χ4v) is 2.39. The number of rotatable bonds is 4. The summed E-state index contributed by atoms with van der Waals surface area (Å²) in [5.41, 5.74) is 0.333. The molecule has 19 heavy (non-hydrogen) atoms. The molecule has 1 heterocycles. The van der Waals surface area contributed by atoms with Crippen LogP contribution in [0.15, 0.2) is 30.3 Å². The van der Waals surface area contributed by atoms with Crippen molar-refractivity contribution in [3.8, 4) is 0 Å². The number of hydrogen-bond acceptors (Lipinski definition) is 4. The lowest BCUT2D eigenvalue weighted by Gasteiger charge is -2.17. The summed E-state index contributed by atoms with van der Waals surface area (Å²) in [6, 6.07) is 6.37. The minimum atomic E-state index is -0.629. The standard InChI is InChI=1S/C12H10F2N2O2S/c1-15(11-4-5-12(19-11)16(17)18)7-8-2-3-9(13)6-10(8)14/h2-6H,7H2,1H3. The van der Waals surface area contributed by atoms with Gasteiger partial charge in [-0.15, -0.1) is 0 Å². The van der Waals surface area contributed by atoms with Crippen LogP contribution in [0.25, 0.3) is 0 Å². The molecular weight excluding hydrogens is 274 g/mol. The Bertz CT molecular complexity index is 616. The molecular formula is C12H10F2N2O2S. The minimum Gasteiger partial charge on any atom is -0.362 e. The molecule has 0 fully saturated rings. The van der Waals surface area contributed by atoms with E-state index in [1.165, 1.54) is 18.2 Å². The lowest BCUT2D eigenvalue weighted by atomic mass is 10.2. The molecule has 0 saturated carbocycles. The van der Waals surface area contributed by atoms with E-state index in [9.17, 15) is 18.9 Å². The average Bonchev–Trinajstić information content (AvgIpc) is 2.82. The van der Waals surface area contributed by atoms with Gasteiger partial charge in [0, 0.05) is 31.3 Å². The summed E-state index contributed by atoms with van der Waals surface area (Å²) in [7, 11) is 1.69. The monoisotopic (exact) mass is 284 g/mol. The molecule has 0 amide bonds. The zero-order chi connectivity index (χ0) is 14.0. The molecule has 0 aliphatic heterocycles. The van der Waals surface area contributed by atoms with Crippen molar-refractivity contribution in [2.24, 2.45) is 0 Å². The summed E-state index contributed by atoms with van der Waals surface area (Å²) in [5.74, 6) is -1.26. The van der Waals surface area contributed by atoms with Gasteiger partial charge >= 0.3 is 5.00 Å². The number of halogens is 2. The molecule has 100 valence electrons. The van der Waals surface area contributed by atoms with Crippen molar-refractivity contribution in [1.82, 2.24) is 0 Å². The highest BCUT2D eigenvalue weighted by molar-refractivity contribution is 7.19. The molecule has 0 atom stereocenters. The van der Waals surface area contributed by atoms with E-state index in [-0.39, 0.29) is 11.5 Å². The first-order valence-corrected chi connectivity index (χ1v) is 6.18. The Hall–Kier alpha value is -2.02. The summed E-state index contributed by atoms with van der Waals surface area (Å²) in [6.07, 6.45) is 0. The molecule has 1 aromatic carbocycles. The predicted molar refractivity (Wildman–Crippen MR) is 69.4 cm³/mol. The van der Waals surface area contributed by atoms with Gasteiger partial charge in [0.2, 0.25) is 0 Å². The number of nitrogens with zero attached hydrogens (tertiary/aromatic N) is 2. The van der Waals surface area contributed by atoms with E-state index in [4.69, 9.17) is 0 Å². The fourth-order valence-electron chi connectivity index (χ4n) is 1.60. The first kappa shape index (κ1) is 13.4. The van der Waals surface area contributed by atoms with Gasteiger partial charge in [0.25, 0.3) is 0 Å². The van der Waals surface area contributed by atoms with E-state index in [0.717, 1.165) is 17.4 Å². The number of thiophene rings is 1. The second kappa shape index (κ2) is 5.31. The predicted octanol–water partition coefficient (Wildman–Crippen LogP) is 3.57. The number of nitro groups is 1. The molecule has 0 bridgehead atoms. The molecule has 0 N–H and O–H groups in total. The molecule has 2 rings (SSSR count). The Labute approximate surface area is 112 Å². The van der Waals surface area contributed by atoms with Crippen molar-refractivity contribution < 1.29 is 13.7 Å². The van der Waals surface area contributed by atoms with E-state index in [1.54, 1.807) is 18.0 Å². The van der Waals surface area contributed by atoms with Crippen LogP contribution < -0.4 is 4.90 Å². The van der Waals surface area contributed by atoms with Crippen molar-refractivity contribution >= 4 is 21.3 Å². The first-order chi connectivity index (χ1) is 8.97. The Morgan fingerprint density at radius 2 is 2.05 bits per heavy atom. The molecule has 0 aliphatic carbocycles. The van der Waals surface area contributed by atoms with Crippen molar-refractivity contribution in [3.05, 3.63) is 57.6 Å². The van der Waals surface area contributed by atoms with Crippen LogP contribution in [0.3, 0.4) is 0 Å². The van der Waals surface area contributed by atoms with Gasteiger partial charge < -0.3 is 4.90 Å². The van der Waals surface area contributed by atoms with E-state index in [2.05, 4.69) is 0 Å². The molecule has 0 spiro atoms. The van der Waals surface area contributed by atoms with E-state index >= 15 is 0 Å². The maximum absolute atomic E-state index is 13.5. The largest absolute Gasteiger partial charge is 0.362 e. The molecule has 0 radical (unpaired) electrons. The van der Waals surface area contributed by atoms with Gasteiger partial charge in [-0.3, -0.25) is 10.1 Å². The van der Waals surface area contributed by atoms with Gasteiger partial charge in [0.1, 0.15) is 11.6 Å². The lowest BCUT2D eigenvalue weighted by Crippen LogP contribution is -2.16. The van der Waals surface area contributed by atoms with Crippen molar-refractivity contribution in [1.29, 1.82) is 0 Å². The van der Waals surface area contributed by atoms with Crippen molar-refractivity contribution in [2.75, 3.05) is 11.9 Å². The van der Waals surface area contributed by atoms with E-state index < -0.39 is 16.6 Å². The molecule has 0 saturated heterocycles. The number of hydrogen-bond donors (Lipinski definition) is 0. The highest BCUT2D eigenvalue weighted by Crippen LogP contribution is 2.31. The van der Waals surface area contributed by atoms with Gasteiger partial charge in [0.15, 0.2) is 0 Å². The third-order valence-corrected chi connectivity index (χ3v) is 3.71. The highest BCUT2D eigenvalue weighted by Gasteiger charge is 2.14. The van der Waals surface area contributed by atoms with Crippen LogP contribution in [0.5, 0.6) is 0 Å². The van der Waals surface area contributed by atoms with Crippen LogP contribution >= 0.6 is 11.3 Å². The SMILES string of the molecule is CN(Cc1ccc(F)cc1F)c1ccc([N+](=O)[O-])s1. The molecule has 1 aromatic heterocycles.